The maximum atomic E-state index is 12.7. The van der Waals surface area contributed by atoms with Gasteiger partial charge in [0, 0.05) is 0 Å². The molecule has 28 heavy (non-hydrogen) atoms. The lowest BCUT2D eigenvalue weighted by Gasteiger charge is -2.17. The number of amides is 2. The number of carbonyl (C=O) groups excluding carboxylic acids is 3. The van der Waals surface area contributed by atoms with Gasteiger partial charge >= 0.3 is 5.97 Å². The fourth-order valence-electron chi connectivity index (χ4n) is 2.97. The van der Waals surface area contributed by atoms with E-state index in [1.807, 2.05) is 0 Å². The monoisotopic (exact) mass is 393 g/mol. The summed E-state index contributed by atoms with van der Waals surface area (Å²) in [6.45, 7) is 0. The van der Waals surface area contributed by atoms with Crippen molar-refractivity contribution in [3.8, 4) is 11.5 Å². The van der Waals surface area contributed by atoms with Crippen LogP contribution in [0.15, 0.2) is 66.7 Å². The highest BCUT2D eigenvalue weighted by Crippen LogP contribution is 2.36. The summed E-state index contributed by atoms with van der Waals surface area (Å²) in [5.74, 6) is -2.29. The molecule has 1 aliphatic rings. The largest absolute Gasteiger partial charge is 0.505 e. The third kappa shape index (κ3) is 2.80. The molecule has 4 rings (SSSR count). The predicted molar refractivity (Wildman–Crippen MR) is 102 cm³/mol. The molecular formula is C21H12ClNO5. The summed E-state index contributed by atoms with van der Waals surface area (Å²) in [6.07, 6.45) is 0. The summed E-state index contributed by atoms with van der Waals surface area (Å²) >= 11 is 5.83. The first kappa shape index (κ1) is 17.8. The quantitative estimate of drug-likeness (QED) is 0.412. The molecule has 0 bridgehead atoms. The number of rotatable bonds is 3. The van der Waals surface area contributed by atoms with Crippen LogP contribution in [-0.4, -0.2) is 22.9 Å². The number of fused-ring (bicyclic) bond motifs is 1. The van der Waals surface area contributed by atoms with E-state index >= 15 is 0 Å². The summed E-state index contributed by atoms with van der Waals surface area (Å²) < 4.78 is 5.37. The molecule has 2 amide bonds. The molecule has 1 heterocycles. The van der Waals surface area contributed by atoms with Gasteiger partial charge in [0.05, 0.1) is 21.8 Å². The molecule has 0 saturated carbocycles. The second kappa shape index (κ2) is 6.83. The van der Waals surface area contributed by atoms with Gasteiger partial charge in [0.2, 0.25) is 0 Å². The van der Waals surface area contributed by atoms with E-state index in [2.05, 4.69) is 0 Å². The minimum Gasteiger partial charge on any atom is -0.505 e. The minimum atomic E-state index is -0.871. The van der Waals surface area contributed by atoms with E-state index in [9.17, 15) is 19.5 Å². The molecule has 0 unspecified atom stereocenters. The standard InChI is InChI=1S/C21H12ClNO5/c22-15-9-5-8-14(18(15)24)21(27)28-17-11-4-3-10-16(17)23-19(25)12-6-1-2-7-13(12)20(23)26/h1-11,24H. The van der Waals surface area contributed by atoms with Crippen LogP contribution in [0.5, 0.6) is 11.5 Å². The number of imide groups is 1. The van der Waals surface area contributed by atoms with Gasteiger partial charge in [-0.2, -0.15) is 0 Å². The van der Waals surface area contributed by atoms with Crippen molar-refractivity contribution < 1.29 is 24.2 Å². The van der Waals surface area contributed by atoms with Crippen LogP contribution < -0.4 is 9.64 Å². The van der Waals surface area contributed by atoms with Crippen molar-refractivity contribution in [2.45, 2.75) is 0 Å². The van der Waals surface area contributed by atoms with Gasteiger partial charge in [0.1, 0.15) is 11.3 Å². The average molecular weight is 394 g/mol. The third-order valence-corrected chi connectivity index (χ3v) is 4.61. The van der Waals surface area contributed by atoms with Gasteiger partial charge in [0.25, 0.3) is 11.8 Å². The number of phenolic OH excluding ortho intramolecular Hbond substituents is 1. The van der Waals surface area contributed by atoms with E-state index in [0.717, 1.165) is 4.90 Å². The molecule has 0 fully saturated rings. The number of nitrogens with zero attached hydrogens (tertiary/aromatic N) is 1. The van der Waals surface area contributed by atoms with Crippen LogP contribution in [0.3, 0.4) is 0 Å². The maximum Gasteiger partial charge on any atom is 0.347 e. The summed E-state index contributed by atoms with van der Waals surface area (Å²) in [4.78, 5) is 38.9. The van der Waals surface area contributed by atoms with Crippen molar-refractivity contribution in [3.63, 3.8) is 0 Å². The first-order chi connectivity index (χ1) is 13.5. The molecule has 138 valence electrons. The molecular weight excluding hydrogens is 382 g/mol. The Balaban J connectivity index is 1.71. The molecule has 0 aromatic heterocycles. The molecule has 0 atom stereocenters. The van der Waals surface area contributed by atoms with Crippen LogP contribution in [0.25, 0.3) is 0 Å². The molecule has 3 aromatic carbocycles. The summed E-state index contributed by atoms with van der Waals surface area (Å²) in [5.41, 5.74) is 0.551. The zero-order valence-corrected chi connectivity index (χ0v) is 15.0. The molecule has 0 saturated heterocycles. The van der Waals surface area contributed by atoms with Crippen molar-refractivity contribution >= 4 is 35.1 Å². The molecule has 6 nitrogen and oxygen atoms in total. The Labute approximate surface area is 164 Å². The third-order valence-electron chi connectivity index (χ3n) is 4.31. The number of esters is 1. The van der Waals surface area contributed by atoms with Gasteiger partial charge in [0.15, 0.2) is 5.75 Å². The Bertz CT molecular complexity index is 1110. The van der Waals surface area contributed by atoms with Crippen LogP contribution in [0.1, 0.15) is 31.1 Å². The Morgan fingerprint density at radius 2 is 1.46 bits per heavy atom. The fraction of sp³-hybridized carbons (Fsp3) is 0. The van der Waals surface area contributed by atoms with Crippen LogP contribution >= 0.6 is 11.6 Å². The number of carbonyl (C=O) groups is 3. The van der Waals surface area contributed by atoms with Crippen LogP contribution in [0.4, 0.5) is 5.69 Å². The lowest BCUT2D eigenvalue weighted by atomic mass is 10.1. The lowest BCUT2D eigenvalue weighted by molar-refractivity contribution is 0.0728. The Morgan fingerprint density at radius 3 is 2.14 bits per heavy atom. The Kier molecular flexibility index (Phi) is 4.33. The van der Waals surface area contributed by atoms with E-state index < -0.39 is 23.5 Å². The van der Waals surface area contributed by atoms with Crippen molar-refractivity contribution in [1.29, 1.82) is 0 Å². The van der Waals surface area contributed by atoms with Gasteiger partial charge in [-0.15, -0.1) is 0 Å². The second-order valence-corrected chi connectivity index (χ2v) is 6.39. The molecule has 1 aliphatic heterocycles. The zero-order chi connectivity index (χ0) is 19.8. The molecule has 1 N–H and O–H groups in total. The Morgan fingerprint density at radius 1 is 0.857 bits per heavy atom. The number of benzene rings is 3. The molecule has 0 spiro atoms. The molecule has 0 aliphatic carbocycles. The van der Waals surface area contributed by atoms with Crippen LogP contribution in [0, 0.1) is 0 Å². The molecule has 0 radical (unpaired) electrons. The van der Waals surface area contributed by atoms with Gasteiger partial charge in [-0.3, -0.25) is 9.59 Å². The highest BCUT2D eigenvalue weighted by Gasteiger charge is 2.38. The van der Waals surface area contributed by atoms with Crippen LogP contribution in [-0.2, 0) is 0 Å². The second-order valence-electron chi connectivity index (χ2n) is 5.98. The normalized spacial score (nSPS) is 12.8. The predicted octanol–water partition coefficient (Wildman–Crippen LogP) is 4.07. The number of hydrogen-bond acceptors (Lipinski definition) is 5. The number of phenols is 1. The number of para-hydroxylation sites is 3. The van der Waals surface area contributed by atoms with Gasteiger partial charge in [-0.05, 0) is 36.4 Å². The van der Waals surface area contributed by atoms with E-state index in [4.69, 9.17) is 16.3 Å². The molecule has 7 heteroatoms. The summed E-state index contributed by atoms with van der Waals surface area (Å²) in [7, 11) is 0. The molecule has 3 aromatic rings. The fourth-order valence-corrected chi connectivity index (χ4v) is 3.15. The van der Waals surface area contributed by atoms with Crippen molar-refractivity contribution in [2.75, 3.05) is 4.90 Å². The van der Waals surface area contributed by atoms with E-state index in [-0.39, 0.29) is 33.1 Å². The SMILES string of the molecule is O=C(Oc1ccccc1N1C(=O)c2ccccc2C1=O)c1cccc(Cl)c1O. The highest BCUT2D eigenvalue weighted by atomic mass is 35.5. The van der Waals surface area contributed by atoms with Crippen molar-refractivity contribution in [2.24, 2.45) is 0 Å². The first-order valence-corrected chi connectivity index (χ1v) is 8.63. The lowest BCUT2D eigenvalue weighted by Crippen LogP contribution is -2.30. The topological polar surface area (TPSA) is 83.9 Å². The van der Waals surface area contributed by atoms with Gasteiger partial charge in [-0.25, -0.2) is 9.69 Å². The van der Waals surface area contributed by atoms with Crippen LogP contribution in [0.2, 0.25) is 5.02 Å². The number of aromatic hydroxyl groups is 1. The Hall–Kier alpha value is -3.64. The first-order valence-electron chi connectivity index (χ1n) is 8.25. The number of halogens is 1. The number of anilines is 1. The van der Waals surface area contributed by atoms with E-state index in [1.54, 1.807) is 36.4 Å². The average Bonchev–Trinajstić information content (AvgIpc) is 2.95. The van der Waals surface area contributed by atoms with E-state index in [0.29, 0.717) is 0 Å². The summed E-state index contributed by atoms with van der Waals surface area (Å²) in [5, 5.41) is 9.98. The van der Waals surface area contributed by atoms with Crippen molar-refractivity contribution in [1.82, 2.24) is 0 Å². The van der Waals surface area contributed by atoms with Gasteiger partial charge < -0.3 is 9.84 Å². The summed E-state index contributed by atoms with van der Waals surface area (Å²) in [6, 6.07) is 16.9. The smallest absolute Gasteiger partial charge is 0.347 e. The van der Waals surface area contributed by atoms with E-state index in [1.165, 1.54) is 30.3 Å². The maximum absolute atomic E-state index is 12.7. The van der Waals surface area contributed by atoms with Gasteiger partial charge in [-0.1, -0.05) is 41.9 Å². The zero-order valence-electron chi connectivity index (χ0n) is 14.3. The highest BCUT2D eigenvalue weighted by molar-refractivity contribution is 6.35. The number of hydrogen-bond donors (Lipinski definition) is 1. The number of ether oxygens (including phenoxy) is 1. The van der Waals surface area contributed by atoms with Crippen molar-refractivity contribution in [3.05, 3.63) is 88.4 Å². The minimum absolute atomic E-state index is 0.00128.